The molecule has 2 N–H and O–H groups in total. The van der Waals surface area contributed by atoms with Gasteiger partial charge in [-0.1, -0.05) is 25.5 Å². The zero-order valence-electron chi connectivity index (χ0n) is 12.7. The first kappa shape index (κ1) is 16.5. The summed E-state index contributed by atoms with van der Waals surface area (Å²) in [6.45, 7) is 7.77. The molecule has 112 valence electrons. The molecular formula is C16H26N2O2. The van der Waals surface area contributed by atoms with Crippen molar-refractivity contribution in [3.8, 4) is 5.75 Å². The second-order valence-corrected chi connectivity index (χ2v) is 5.06. The van der Waals surface area contributed by atoms with Crippen LogP contribution in [0.3, 0.4) is 0 Å². The summed E-state index contributed by atoms with van der Waals surface area (Å²) in [7, 11) is 0. The third kappa shape index (κ3) is 6.57. The van der Waals surface area contributed by atoms with Crippen molar-refractivity contribution in [2.24, 2.45) is 0 Å². The van der Waals surface area contributed by atoms with Crippen LogP contribution < -0.4 is 15.4 Å². The normalized spacial score (nSPS) is 10.6. The fourth-order valence-electron chi connectivity index (χ4n) is 1.77. The predicted molar refractivity (Wildman–Crippen MR) is 83.2 cm³/mol. The monoisotopic (exact) mass is 278 g/mol. The van der Waals surface area contributed by atoms with Gasteiger partial charge in [0.2, 0.25) is 5.91 Å². The van der Waals surface area contributed by atoms with Crippen LogP contribution in [0.1, 0.15) is 40.0 Å². The molecule has 0 aliphatic heterocycles. The first-order valence-electron chi connectivity index (χ1n) is 7.39. The molecule has 0 atom stereocenters. The maximum absolute atomic E-state index is 11.9. The Labute approximate surface area is 121 Å². The van der Waals surface area contributed by atoms with E-state index in [1.165, 1.54) is 6.42 Å². The summed E-state index contributed by atoms with van der Waals surface area (Å²) in [4.78, 5) is 11.9. The number of unbranched alkanes of at least 4 members (excludes halogenated alkanes) is 1. The number of hydrogen-bond donors (Lipinski definition) is 2. The van der Waals surface area contributed by atoms with Crippen LogP contribution in [-0.2, 0) is 4.79 Å². The van der Waals surface area contributed by atoms with Gasteiger partial charge in [0, 0.05) is 13.0 Å². The van der Waals surface area contributed by atoms with E-state index < -0.39 is 0 Å². The summed E-state index contributed by atoms with van der Waals surface area (Å²) >= 11 is 0. The summed E-state index contributed by atoms with van der Waals surface area (Å²) in [6.07, 6.45) is 2.87. The highest BCUT2D eigenvalue weighted by Gasteiger charge is 2.08. The van der Waals surface area contributed by atoms with E-state index in [4.69, 9.17) is 4.74 Å². The SMILES string of the molecule is CCCCNCCC(=O)Nc1ccccc1OC(C)C. The summed E-state index contributed by atoms with van der Waals surface area (Å²) in [5, 5.41) is 6.16. The molecule has 0 radical (unpaired) electrons. The molecule has 0 aromatic heterocycles. The quantitative estimate of drug-likeness (QED) is 0.682. The van der Waals surface area contributed by atoms with Gasteiger partial charge < -0.3 is 15.4 Å². The van der Waals surface area contributed by atoms with E-state index in [-0.39, 0.29) is 12.0 Å². The lowest BCUT2D eigenvalue weighted by Crippen LogP contribution is -2.22. The molecule has 0 spiro atoms. The van der Waals surface area contributed by atoms with Gasteiger partial charge in [-0.25, -0.2) is 0 Å². The van der Waals surface area contributed by atoms with Gasteiger partial charge in [-0.15, -0.1) is 0 Å². The molecule has 0 saturated heterocycles. The molecule has 20 heavy (non-hydrogen) atoms. The number of para-hydroxylation sites is 2. The Bertz CT molecular complexity index is 405. The van der Waals surface area contributed by atoms with Gasteiger partial charge in [0.15, 0.2) is 0 Å². The van der Waals surface area contributed by atoms with Gasteiger partial charge in [0.05, 0.1) is 11.8 Å². The first-order chi connectivity index (χ1) is 9.63. The molecule has 0 heterocycles. The van der Waals surface area contributed by atoms with Crippen molar-refractivity contribution in [3.63, 3.8) is 0 Å². The van der Waals surface area contributed by atoms with Crippen molar-refractivity contribution < 1.29 is 9.53 Å². The Morgan fingerprint density at radius 1 is 1.25 bits per heavy atom. The minimum Gasteiger partial charge on any atom is -0.489 e. The highest BCUT2D eigenvalue weighted by Crippen LogP contribution is 2.24. The van der Waals surface area contributed by atoms with Gasteiger partial charge in [0.1, 0.15) is 5.75 Å². The van der Waals surface area contributed by atoms with Crippen LogP contribution in [0.5, 0.6) is 5.75 Å². The molecule has 0 bridgehead atoms. The second-order valence-electron chi connectivity index (χ2n) is 5.06. The molecule has 1 aromatic rings. The van der Waals surface area contributed by atoms with E-state index in [2.05, 4.69) is 17.6 Å². The molecule has 4 heteroatoms. The van der Waals surface area contributed by atoms with E-state index in [0.29, 0.717) is 13.0 Å². The maximum Gasteiger partial charge on any atom is 0.225 e. The molecule has 0 fully saturated rings. The van der Waals surface area contributed by atoms with Crippen molar-refractivity contribution in [1.29, 1.82) is 0 Å². The topological polar surface area (TPSA) is 50.4 Å². The van der Waals surface area contributed by atoms with Crippen molar-refractivity contribution in [2.45, 2.75) is 46.1 Å². The Hall–Kier alpha value is -1.55. The summed E-state index contributed by atoms with van der Waals surface area (Å²) in [6, 6.07) is 7.53. The summed E-state index contributed by atoms with van der Waals surface area (Å²) < 4.78 is 5.67. The lowest BCUT2D eigenvalue weighted by Gasteiger charge is -2.14. The van der Waals surface area contributed by atoms with Gasteiger partial charge in [-0.3, -0.25) is 4.79 Å². The van der Waals surface area contributed by atoms with E-state index in [1.54, 1.807) is 0 Å². The standard InChI is InChI=1S/C16H26N2O2/c1-4-5-11-17-12-10-16(19)18-14-8-6-7-9-15(14)20-13(2)3/h6-9,13,17H,4-5,10-12H2,1-3H3,(H,18,19). The third-order valence-corrected chi connectivity index (χ3v) is 2.76. The second kappa shape index (κ2) is 9.37. The third-order valence-electron chi connectivity index (χ3n) is 2.76. The largest absolute Gasteiger partial charge is 0.489 e. The van der Waals surface area contributed by atoms with Crippen molar-refractivity contribution in [1.82, 2.24) is 5.32 Å². The Morgan fingerprint density at radius 2 is 2.00 bits per heavy atom. The molecular weight excluding hydrogens is 252 g/mol. The van der Waals surface area contributed by atoms with E-state index >= 15 is 0 Å². The number of ether oxygens (including phenoxy) is 1. The fraction of sp³-hybridized carbons (Fsp3) is 0.562. The van der Waals surface area contributed by atoms with Crippen LogP contribution in [0.4, 0.5) is 5.69 Å². The van der Waals surface area contributed by atoms with Gasteiger partial charge in [-0.05, 0) is 38.9 Å². The number of amides is 1. The lowest BCUT2D eigenvalue weighted by atomic mass is 10.2. The molecule has 0 aliphatic rings. The number of hydrogen-bond acceptors (Lipinski definition) is 3. The molecule has 1 rings (SSSR count). The number of rotatable bonds is 9. The smallest absolute Gasteiger partial charge is 0.225 e. The highest BCUT2D eigenvalue weighted by atomic mass is 16.5. The van der Waals surface area contributed by atoms with E-state index in [1.807, 2.05) is 38.1 Å². The van der Waals surface area contributed by atoms with Gasteiger partial charge in [-0.2, -0.15) is 0 Å². The minimum atomic E-state index is 0.00815. The number of carbonyl (C=O) groups excluding carboxylic acids is 1. The fourth-order valence-corrected chi connectivity index (χ4v) is 1.77. The predicted octanol–water partition coefficient (Wildman–Crippen LogP) is 3.19. The van der Waals surface area contributed by atoms with Crippen molar-refractivity contribution >= 4 is 11.6 Å². The maximum atomic E-state index is 11.9. The van der Waals surface area contributed by atoms with Crippen LogP contribution in [-0.4, -0.2) is 25.1 Å². The average Bonchev–Trinajstić information content (AvgIpc) is 2.40. The number of nitrogens with one attached hydrogen (secondary N) is 2. The lowest BCUT2D eigenvalue weighted by molar-refractivity contribution is -0.116. The van der Waals surface area contributed by atoms with Gasteiger partial charge >= 0.3 is 0 Å². The van der Waals surface area contributed by atoms with Crippen LogP contribution in [0, 0.1) is 0 Å². The minimum absolute atomic E-state index is 0.00815. The highest BCUT2D eigenvalue weighted by molar-refractivity contribution is 5.92. The van der Waals surface area contributed by atoms with Crippen LogP contribution in [0.2, 0.25) is 0 Å². The summed E-state index contributed by atoms with van der Waals surface area (Å²) in [5.74, 6) is 0.726. The van der Waals surface area contributed by atoms with Crippen LogP contribution in [0.25, 0.3) is 0 Å². The molecule has 1 aromatic carbocycles. The Balaban J connectivity index is 2.41. The molecule has 0 saturated carbocycles. The van der Waals surface area contributed by atoms with Gasteiger partial charge in [0.25, 0.3) is 0 Å². The van der Waals surface area contributed by atoms with E-state index in [9.17, 15) is 4.79 Å². The number of benzene rings is 1. The van der Waals surface area contributed by atoms with E-state index in [0.717, 1.165) is 24.4 Å². The Morgan fingerprint density at radius 3 is 2.70 bits per heavy atom. The molecule has 1 amide bonds. The van der Waals surface area contributed by atoms with Crippen LogP contribution in [0.15, 0.2) is 24.3 Å². The van der Waals surface area contributed by atoms with Crippen molar-refractivity contribution in [3.05, 3.63) is 24.3 Å². The van der Waals surface area contributed by atoms with Crippen LogP contribution >= 0.6 is 0 Å². The molecule has 4 nitrogen and oxygen atoms in total. The first-order valence-corrected chi connectivity index (χ1v) is 7.39. The number of anilines is 1. The summed E-state index contributed by atoms with van der Waals surface area (Å²) in [5.41, 5.74) is 0.736. The zero-order valence-corrected chi connectivity index (χ0v) is 12.7. The van der Waals surface area contributed by atoms with Crippen molar-refractivity contribution in [2.75, 3.05) is 18.4 Å². The Kier molecular flexibility index (Phi) is 7.73. The zero-order chi connectivity index (χ0) is 14.8. The average molecular weight is 278 g/mol. The number of carbonyl (C=O) groups is 1. The molecule has 0 unspecified atom stereocenters. The molecule has 0 aliphatic carbocycles.